The highest BCUT2D eigenvalue weighted by Gasteiger charge is 2.66. The fourth-order valence-corrected chi connectivity index (χ4v) is 8.07. The number of aliphatic hydroxyl groups excluding tert-OH is 3. The van der Waals surface area contributed by atoms with E-state index in [1.54, 1.807) is 0 Å². The molecular formula is C22H36O5. The minimum atomic E-state index is -0.964. The highest BCUT2D eigenvalue weighted by Crippen LogP contribution is 2.67. The Hall–Kier alpha value is -0.650. The molecule has 0 aromatic rings. The molecule has 3 N–H and O–H groups in total. The Morgan fingerprint density at radius 1 is 1.04 bits per heavy atom. The van der Waals surface area contributed by atoms with E-state index < -0.39 is 36.3 Å². The highest BCUT2D eigenvalue weighted by molar-refractivity contribution is 5.66. The zero-order valence-corrected chi connectivity index (χ0v) is 17.1. The maximum atomic E-state index is 11.7. The van der Waals surface area contributed by atoms with Crippen LogP contribution in [0.2, 0.25) is 0 Å². The molecule has 0 bridgehead atoms. The lowest BCUT2D eigenvalue weighted by atomic mass is 9.43. The summed E-state index contributed by atoms with van der Waals surface area (Å²) in [6.45, 7) is 8.23. The molecule has 0 heterocycles. The average Bonchev–Trinajstić information content (AvgIpc) is 2.89. The lowest BCUT2D eigenvalue weighted by Gasteiger charge is -2.64. The number of rotatable bonds is 1. The van der Waals surface area contributed by atoms with Crippen LogP contribution in [0.25, 0.3) is 0 Å². The van der Waals surface area contributed by atoms with Crippen LogP contribution in [-0.4, -0.2) is 45.7 Å². The summed E-state index contributed by atoms with van der Waals surface area (Å²) in [5, 5.41) is 33.0. The number of ether oxygens (including phenoxy) is 1. The van der Waals surface area contributed by atoms with Crippen LogP contribution in [0.4, 0.5) is 0 Å². The number of carbonyl (C=O) groups excluding carboxylic acids is 1. The summed E-state index contributed by atoms with van der Waals surface area (Å²) < 4.78 is 5.50. The molecule has 11 atom stereocenters. The second kappa shape index (κ2) is 6.43. The molecule has 0 spiro atoms. The number of hydrogen-bond donors (Lipinski definition) is 3. The maximum absolute atomic E-state index is 11.7. The Bertz CT molecular complexity index is 608. The van der Waals surface area contributed by atoms with E-state index in [4.69, 9.17) is 4.74 Å². The van der Waals surface area contributed by atoms with E-state index in [2.05, 4.69) is 20.8 Å². The fraction of sp³-hybridized carbons (Fsp3) is 0.955. The van der Waals surface area contributed by atoms with E-state index in [9.17, 15) is 20.1 Å². The maximum Gasteiger partial charge on any atom is 0.303 e. The summed E-state index contributed by atoms with van der Waals surface area (Å²) >= 11 is 0. The number of carbonyl (C=O) groups is 1. The molecule has 4 aliphatic rings. The third kappa shape index (κ3) is 2.79. The topological polar surface area (TPSA) is 87.0 Å². The zero-order chi connectivity index (χ0) is 19.7. The number of fused-ring (bicyclic) bond motifs is 5. The first-order valence-corrected chi connectivity index (χ1v) is 10.8. The van der Waals surface area contributed by atoms with Gasteiger partial charge >= 0.3 is 5.97 Å². The standard InChI is InChI=1S/C22H36O5/c1-11-9-14-16-13(5-7-21(14,3)10-11)22(4)8-6-15(24)20(27-12(2)23)17(22)19(26)18(16)25/h11,13-20,24-26H,5-10H2,1-4H3/t11?,13?,14?,15-,16?,17?,18-,19-,20+,21-,22-/m1/s1. The van der Waals surface area contributed by atoms with Crippen LogP contribution in [0.3, 0.4) is 0 Å². The third-order valence-electron chi connectivity index (χ3n) is 9.06. The van der Waals surface area contributed by atoms with Crippen LogP contribution in [0.5, 0.6) is 0 Å². The Morgan fingerprint density at radius 2 is 1.74 bits per heavy atom. The van der Waals surface area contributed by atoms with E-state index >= 15 is 0 Å². The summed E-state index contributed by atoms with van der Waals surface area (Å²) in [5.74, 6) is 0.647. The molecule has 0 aromatic carbocycles. The lowest BCUT2D eigenvalue weighted by Crippen LogP contribution is -2.67. The largest absolute Gasteiger partial charge is 0.459 e. The summed E-state index contributed by atoms with van der Waals surface area (Å²) in [7, 11) is 0. The smallest absolute Gasteiger partial charge is 0.303 e. The molecule has 5 heteroatoms. The second-order valence-corrected chi connectivity index (χ2v) is 10.7. The molecule has 4 aliphatic carbocycles. The molecule has 4 fully saturated rings. The van der Waals surface area contributed by atoms with Crippen LogP contribution in [0.15, 0.2) is 0 Å². The van der Waals surface area contributed by atoms with E-state index in [1.165, 1.54) is 13.3 Å². The minimum Gasteiger partial charge on any atom is -0.459 e. The van der Waals surface area contributed by atoms with Gasteiger partial charge < -0.3 is 20.1 Å². The monoisotopic (exact) mass is 380 g/mol. The van der Waals surface area contributed by atoms with E-state index in [-0.39, 0.29) is 16.7 Å². The van der Waals surface area contributed by atoms with Crippen molar-refractivity contribution in [3.8, 4) is 0 Å². The normalized spacial score (nSPS) is 57.4. The van der Waals surface area contributed by atoms with Gasteiger partial charge in [0.1, 0.15) is 6.10 Å². The van der Waals surface area contributed by atoms with Gasteiger partial charge in [-0.2, -0.15) is 0 Å². The summed E-state index contributed by atoms with van der Waals surface area (Å²) in [6.07, 6.45) is 2.64. The van der Waals surface area contributed by atoms with Crippen molar-refractivity contribution in [2.24, 2.45) is 40.4 Å². The van der Waals surface area contributed by atoms with Gasteiger partial charge in [0.05, 0.1) is 18.3 Å². The first kappa shape index (κ1) is 19.7. The predicted molar refractivity (Wildman–Crippen MR) is 101 cm³/mol. The Morgan fingerprint density at radius 3 is 2.41 bits per heavy atom. The highest BCUT2D eigenvalue weighted by atomic mass is 16.6. The van der Waals surface area contributed by atoms with Crippen LogP contribution in [-0.2, 0) is 9.53 Å². The van der Waals surface area contributed by atoms with Gasteiger partial charge in [0.25, 0.3) is 0 Å². The SMILES string of the molecule is CC(=O)O[C@@H]1C2[C@@H](O)[C@H](O)C3C4CC(C)C[C@@]4(C)CCC3[C@@]2(C)CC[C@H]1O. The second-order valence-electron chi connectivity index (χ2n) is 10.7. The van der Waals surface area contributed by atoms with Gasteiger partial charge in [-0.3, -0.25) is 4.79 Å². The Balaban J connectivity index is 1.72. The van der Waals surface area contributed by atoms with Crippen molar-refractivity contribution in [2.75, 3.05) is 0 Å². The molecule has 0 radical (unpaired) electrons. The van der Waals surface area contributed by atoms with Crippen LogP contribution in [0.1, 0.15) is 66.2 Å². The van der Waals surface area contributed by atoms with E-state index in [0.29, 0.717) is 24.2 Å². The van der Waals surface area contributed by atoms with Gasteiger partial charge in [-0.05, 0) is 73.0 Å². The predicted octanol–water partition coefficient (Wildman–Crippen LogP) is 2.51. The van der Waals surface area contributed by atoms with Crippen molar-refractivity contribution < 1.29 is 24.9 Å². The van der Waals surface area contributed by atoms with Crippen molar-refractivity contribution >= 4 is 5.97 Å². The van der Waals surface area contributed by atoms with Crippen LogP contribution < -0.4 is 0 Å². The fourth-order valence-electron chi connectivity index (χ4n) is 8.07. The third-order valence-corrected chi connectivity index (χ3v) is 9.06. The van der Waals surface area contributed by atoms with Crippen molar-refractivity contribution in [1.29, 1.82) is 0 Å². The van der Waals surface area contributed by atoms with Crippen LogP contribution >= 0.6 is 0 Å². The molecule has 5 unspecified atom stereocenters. The molecule has 27 heavy (non-hydrogen) atoms. The summed E-state index contributed by atoms with van der Waals surface area (Å²) in [5.41, 5.74) is 0.0315. The number of esters is 1. The first-order chi connectivity index (χ1) is 12.6. The van der Waals surface area contributed by atoms with E-state index in [1.807, 2.05) is 0 Å². The molecule has 154 valence electrons. The van der Waals surface area contributed by atoms with Crippen molar-refractivity contribution in [2.45, 2.75) is 90.6 Å². The molecule has 0 aliphatic heterocycles. The summed E-state index contributed by atoms with van der Waals surface area (Å²) in [4.78, 5) is 11.7. The van der Waals surface area contributed by atoms with Gasteiger partial charge in [0.2, 0.25) is 0 Å². The molecule has 0 amide bonds. The molecule has 0 saturated heterocycles. The zero-order valence-electron chi connectivity index (χ0n) is 17.1. The number of hydrogen-bond acceptors (Lipinski definition) is 5. The minimum absolute atomic E-state index is 0.0955. The molecule has 4 rings (SSSR count). The molecule has 0 aromatic heterocycles. The number of aliphatic hydroxyl groups is 3. The van der Waals surface area contributed by atoms with Gasteiger partial charge in [-0.15, -0.1) is 0 Å². The van der Waals surface area contributed by atoms with Gasteiger partial charge in [0.15, 0.2) is 0 Å². The van der Waals surface area contributed by atoms with Crippen molar-refractivity contribution in [1.82, 2.24) is 0 Å². The molecular weight excluding hydrogens is 344 g/mol. The van der Waals surface area contributed by atoms with Gasteiger partial charge in [0, 0.05) is 12.8 Å². The molecule has 5 nitrogen and oxygen atoms in total. The quantitative estimate of drug-likeness (QED) is 0.609. The molecule has 4 saturated carbocycles. The van der Waals surface area contributed by atoms with Crippen molar-refractivity contribution in [3.63, 3.8) is 0 Å². The van der Waals surface area contributed by atoms with Gasteiger partial charge in [-0.1, -0.05) is 20.8 Å². The Kier molecular flexibility index (Phi) is 4.68. The first-order valence-electron chi connectivity index (χ1n) is 10.8. The summed E-state index contributed by atoms with van der Waals surface area (Å²) in [6, 6.07) is 0. The van der Waals surface area contributed by atoms with Crippen LogP contribution in [0, 0.1) is 40.4 Å². The van der Waals surface area contributed by atoms with E-state index in [0.717, 1.165) is 25.7 Å². The lowest BCUT2D eigenvalue weighted by molar-refractivity contribution is -0.253. The Labute approximate surface area is 162 Å². The average molecular weight is 381 g/mol. The van der Waals surface area contributed by atoms with Gasteiger partial charge in [-0.25, -0.2) is 0 Å². The van der Waals surface area contributed by atoms with Crippen molar-refractivity contribution in [3.05, 3.63) is 0 Å².